The van der Waals surface area contributed by atoms with Crippen LogP contribution in [0, 0.1) is 5.92 Å². The third-order valence-corrected chi connectivity index (χ3v) is 2.77. The Morgan fingerprint density at radius 3 is 2.85 bits per heavy atom. The van der Waals surface area contributed by atoms with Crippen LogP contribution in [0.2, 0.25) is 0 Å². The molecule has 0 spiro atoms. The van der Waals surface area contributed by atoms with Gasteiger partial charge >= 0.3 is 6.03 Å². The lowest BCUT2D eigenvalue weighted by Crippen LogP contribution is -2.51. The van der Waals surface area contributed by atoms with E-state index in [4.69, 9.17) is 0 Å². The highest BCUT2D eigenvalue weighted by atomic mass is 16.2. The number of carbonyl (C=O) groups excluding carboxylic acids is 1. The Kier molecular flexibility index (Phi) is 3.54. The first-order valence-corrected chi connectivity index (χ1v) is 4.82. The number of piperidine rings is 1. The molecule has 0 aromatic heterocycles. The largest absolute Gasteiger partial charge is 0.341 e. The summed E-state index contributed by atoms with van der Waals surface area (Å²) in [7, 11) is 3.54. The Morgan fingerprint density at radius 2 is 2.31 bits per heavy atom. The van der Waals surface area contributed by atoms with E-state index in [1.807, 2.05) is 11.9 Å². The lowest BCUT2D eigenvalue weighted by atomic mass is 9.94. The molecule has 2 unspecified atom stereocenters. The van der Waals surface area contributed by atoms with Crippen LogP contribution in [0.5, 0.6) is 0 Å². The predicted octanol–water partition coefficient (Wildman–Crippen LogP) is 0.256. The summed E-state index contributed by atoms with van der Waals surface area (Å²) in [6, 6.07) is 0.389. The van der Waals surface area contributed by atoms with E-state index in [1.165, 1.54) is 0 Å². The van der Waals surface area contributed by atoms with E-state index in [0.29, 0.717) is 12.0 Å². The minimum absolute atomic E-state index is 0.0127. The van der Waals surface area contributed by atoms with Crippen molar-refractivity contribution < 1.29 is 4.79 Å². The number of carbonyl (C=O) groups is 1. The molecule has 4 nitrogen and oxygen atoms in total. The number of nitrogens with one attached hydrogen (secondary N) is 2. The number of hydrogen-bond acceptors (Lipinski definition) is 2. The summed E-state index contributed by atoms with van der Waals surface area (Å²) in [5.41, 5.74) is 0. The maximum Gasteiger partial charge on any atom is 0.317 e. The molecule has 76 valence electrons. The number of rotatable bonds is 1. The van der Waals surface area contributed by atoms with Crippen molar-refractivity contribution in [1.82, 2.24) is 15.5 Å². The van der Waals surface area contributed by atoms with Crippen LogP contribution in [0.1, 0.15) is 13.3 Å². The molecule has 0 saturated carbocycles. The molecule has 4 heteroatoms. The third-order valence-electron chi connectivity index (χ3n) is 2.77. The fraction of sp³-hybridized carbons (Fsp3) is 0.889. The van der Waals surface area contributed by atoms with Crippen molar-refractivity contribution in [2.24, 2.45) is 5.92 Å². The van der Waals surface area contributed by atoms with Gasteiger partial charge in [0.2, 0.25) is 0 Å². The molecule has 0 radical (unpaired) electrons. The van der Waals surface area contributed by atoms with E-state index < -0.39 is 0 Å². The summed E-state index contributed by atoms with van der Waals surface area (Å²) in [6.45, 7) is 4.19. The molecule has 1 aliphatic rings. The van der Waals surface area contributed by atoms with Gasteiger partial charge in [-0.15, -0.1) is 0 Å². The Labute approximate surface area is 79.7 Å². The van der Waals surface area contributed by atoms with Gasteiger partial charge in [-0.1, -0.05) is 6.92 Å². The molecule has 1 rings (SSSR count). The number of amides is 2. The van der Waals surface area contributed by atoms with E-state index >= 15 is 0 Å². The first-order valence-electron chi connectivity index (χ1n) is 4.82. The Balaban J connectivity index is 2.53. The molecule has 2 atom stereocenters. The lowest BCUT2D eigenvalue weighted by Gasteiger charge is -2.36. The van der Waals surface area contributed by atoms with Crippen molar-refractivity contribution in [3.63, 3.8) is 0 Å². The quantitative estimate of drug-likeness (QED) is 0.615. The van der Waals surface area contributed by atoms with Crippen molar-refractivity contribution in [2.45, 2.75) is 19.4 Å². The van der Waals surface area contributed by atoms with E-state index in [2.05, 4.69) is 17.6 Å². The Morgan fingerprint density at radius 1 is 1.62 bits per heavy atom. The second-order valence-electron chi connectivity index (χ2n) is 3.70. The summed E-state index contributed by atoms with van der Waals surface area (Å²) in [4.78, 5) is 13.2. The molecular weight excluding hydrogens is 166 g/mol. The van der Waals surface area contributed by atoms with Crippen molar-refractivity contribution in [3.05, 3.63) is 0 Å². The highest BCUT2D eigenvalue weighted by Crippen LogP contribution is 2.15. The summed E-state index contributed by atoms with van der Waals surface area (Å²) >= 11 is 0. The fourth-order valence-corrected chi connectivity index (χ4v) is 1.90. The summed E-state index contributed by atoms with van der Waals surface area (Å²) in [5.74, 6) is 0.538. The van der Waals surface area contributed by atoms with Gasteiger partial charge in [-0.2, -0.15) is 0 Å². The van der Waals surface area contributed by atoms with Crippen LogP contribution in [0.3, 0.4) is 0 Å². The van der Waals surface area contributed by atoms with Gasteiger partial charge in [0.15, 0.2) is 0 Å². The average molecular weight is 185 g/mol. The summed E-state index contributed by atoms with van der Waals surface area (Å²) in [5, 5.41) is 5.97. The van der Waals surface area contributed by atoms with E-state index in [-0.39, 0.29) is 6.03 Å². The molecule has 0 aromatic carbocycles. The highest BCUT2D eigenvalue weighted by molar-refractivity contribution is 5.73. The van der Waals surface area contributed by atoms with Gasteiger partial charge in [0.1, 0.15) is 0 Å². The van der Waals surface area contributed by atoms with Crippen LogP contribution in [-0.4, -0.2) is 44.2 Å². The molecule has 13 heavy (non-hydrogen) atoms. The van der Waals surface area contributed by atoms with Gasteiger partial charge in [-0.3, -0.25) is 0 Å². The van der Waals surface area contributed by atoms with Gasteiger partial charge in [0, 0.05) is 20.1 Å². The van der Waals surface area contributed by atoms with Crippen molar-refractivity contribution in [3.8, 4) is 0 Å². The van der Waals surface area contributed by atoms with Crippen LogP contribution in [-0.2, 0) is 0 Å². The minimum Gasteiger partial charge on any atom is -0.341 e. The maximum absolute atomic E-state index is 11.4. The normalized spacial score (nSPS) is 28.2. The topological polar surface area (TPSA) is 44.4 Å². The van der Waals surface area contributed by atoms with Gasteiger partial charge in [-0.05, 0) is 25.4 Å². The zero-order valence-electron chi connectivity index (χ0n) is 8.63. The van der Waals surface area contributed by atoms with E-state index in [1.54, 1.807) is 7.05 Å². The zero-order chi connectivity index (χ0) is 9.84. The third kappa shape index (κ3) is 2.34. The fourth-order valence-electron chi connectivity index (χ4n) is 1.90. The smallest absolute Gasteiger partial charge is 0.317 e. The SMILES string of the molecule is CNC(=O)N(C)C1CCNCC1C. The number of urea groups is 1. The Hall–Kier alpha value is -0.770. The monoisotopic (exact) mass is 185 g/mol. The molecule has 1 aliphatic heterocycles. The molecule has 0 aliphatic carbocycles. The van der Waals surface area contributed by atoms with Crippen molar-refractivity contribution >= 4 is 6.03 Å². The summed E-state index contributed by atoms with van der Waals surface area (Å²) < 4.78 is 0. The lowest BCUT2D eigenvalue weighted by molar-refractivity contribution is 0.153. The highest BCUT2D eigenvalue weighted by Gasteiger charge is 2.26. The van der Waals surface area contributed by atoms with Gasteiger partial charge in [0.05, 0.1) is 0 Å². The molecule has 1 heterocycles. The zero-order valence-corrected chi connectivity index (χ0v) is 8.63. The molecule has 1 saturated heterocycles. The minimum atomic E-state index is 0.0127. The van der Waals surface area contributed by atoms with Crippen LogP contribution in [0.4, 0.5) is 4.79 Å². The predicted molar refractivity (Wildman–Crippen MR) is 52.7 cm³/mol. The van der Waals surface area contributed by atoms with Gasteiger partial charge in [0.25, 0.3) is 0 Å². The first kappa shape index (κ1) is 10.3. The molecule has 0 aromatic rings. The van der Waals surface area contributed by atoms with Gasteiger partial charge in [-0.25, -0.2) is 4.79 Å². The van der Waals surface area contributed by atoms with Crippen molar-refractivity contribution in [1.29, 1.82) is 0 Å². The van der Waals surface area contributed by atoms with Crippen LogP contribution < -0.4 is 10.6 Å². The molecule has 0 bridgehead atoms. The second-order valence-corrected chi connectivity index (χ2v) is 3.70. The Bertz CT molecular complexity index is 184. The maximum atomic E-state index is 11.4. The molecule has 1 fully saturated rings. The second kappa shape index (κ2) is 4.46. The molecular formula is C9H19N3O. The molecule has 2 amide bonds. The van der Waals surface area contributed by atoms with Crippen molar-refractivity contribution in [2.75, 3.05) is 27.2 Å². The van der Waals surface area contributed by atoms with Gasteiger partial charge < -0.3 is 15.5 Å². The van der Waals surface area contributed by atoms with Crippen LogP contribution in [0.25, 0.3) is 0 Å². The molecule has 2 N–H and O–H groups in total. The first-order chi connectivity index (χ1) is 6.16. The standard InChI is InChI=1S/C9H19N3O/c1-7-6-11-5-4-8(7)12(3)9(13)10-2/h7-8,11H,4-6H2,1-3H3,(H,10,13). The summed E-state index contributed by atoms with van der Waals surface area (Å²) in [6.07, 6.45) is 1.05. The van der Waals surface area contributed by atoms with E-state index in [9.17, 15) is 4.79 Å². The van der Waals surface area contributed by atoms with Crippen LogP contribution in [0.15, 0.2) is 0 Å². The number of hydrogen-bond donors (Lipinski definition) is 2. The average Bonchev–Trinajstić information content (AvgIpc) is 2.16. The number of nitrogens with zero attached hydrogens (tertiary/aromatic N) is 1. The van der Waals surface area contributed by atoms with Crippen LogP contribution >= 0.6 is 0 Å². The van der Waals surface area contributed by atoms with E-state index in [0.717, 1.165) is 19.5 Å².